The van der Waals surface area contributed by atoms with E-state index in [1.807, 2.05) is 0 Å². The van der Waals surface area contributed by atoms with E-state index in [9.17, 15) is 0 Å². The summed E-state index contributed by atoms with van der Waals surface area (Å²) in [5.74, 6) is 0.798. The molecule has 1 fully saturated rings. The van der Waals surface area contributed by atoms with Gasteiger partial charge >= 0.3 is 0 Å². The average molecular weight is 216 g/mol. The van der Waals surface area contributed by atoms with Crippen LogP contribution in [0.3, 0.4) is 0 Å². The molecule has 0 saturated carbocycles. The Morgan fingerprint density at radius 2 is 2.45 bits per heavy atom. The summed E-state index contributed by atoms with van der Waals surface area (Å²) < 4.78 is 1.10. The average Bonchev–Trinajstić information content (AvgIpc) is 2.27. The van der Waals surface area contributed by atoms with E-state index < -0.39 is 0 Å². The number of rotatable bonds is 2. The molecule has 0 unspecified atom stereocenters. The molecule has 2 heterocycles. The highest BCUT2D eigenvalue weighted by Gasteiger charge is 2.18. The maximum atomic E-state index is 3.94. The Morgan fingerprint density at radius 3 is 2.91 bits per heavy atom. The Morgan fingerprint density at radius 1 is 1.64 bits per heavy atom. The number of nitrogens with zero attached hydrogens (tertiary/aromatic N) is 1. The Labute approximate surface area is 73.7 Å². The van der Waals surface area contributed by atoms with E-state index in [0.717, 1.165) is 29.9 Å². The van der Waals surface area contributed by atoms with Gasteiger partial charge in [0.1, 0.15) is 0 Å². The normalized spacial score (nSPS) is 18.3. The zero-order chi connectivity index (χ0) is 7.68. The van der Waals surface area contributed by atoms with E-state index in [0.29, 0.717) is 0 Å². The van der Waals surface area contributed by atoms with Gasteiger partial charge in [0.15, 0.2) is 0 Å². The third kappa shape index (κ3) is 1.46. The molecule has 0 aliphatic carbocycles. The summed E-state index contributed by atoms with van der Waals surface area (Å²) in [4.78, 5) is 0. The smallest absolute Gasteiger partial charge is 0.0632 e. The lowest BCUT2D eigenvalue weighted by atomic mass is 9.98. The van der Waals surface area contributed by atoms with Crippen molar-refractivity contribution < 1.29 is 0 Å². The van der Waals surface area contributed by atoms with Crippen LogP contribution in [0.4, 0.5) is 0 Å². The molecule has 1 aromatic heterocycles. The minimum Gasteiger partial charge on any atom is -0.316 e. The van der Waals surface area contributed by atoms with E-state index in [1.54, 1.807) is 6.20 Å². The van der Waals surface area contributed by atoms with Crippen LogP contribution in [0.15, 0.2) is 10.7 Å². The van der Waals surface area contributed by atoms with Gasteiger partial charge < -0.3 is 5.32 Å². The minimum absolute atomic E-state index is 0.798. The predicted octanol–water partition coefficient (Wildman–Crippen LogP) is 0.934. The zero-order valence-electron chi connectivity index (χ0n) is 6.10. The fourth-order valence-corrected chi connectivity index (χ4v) is 1.58. The highest BCUT2D eigenvalue weighted by atomic mass is 79.9. The Hall–Kier alpha value is -0.350. The molecule has 1 aromatic rings. The van der Waals surface area contributed by atoms with Crippen LogP contribution in [0, 0.1) is 5.92 Å². The quantitative estimate of drug-likeness (QED) is 0.772. The molecule has 1 aliphatic rings. The Bertz CT molecular complexity index is 242. The van der Waals surface area contributed by atoms with Gasteiger partial charge in [0.05, 0.1) is 10.7 Å². The molecule has 0 aromatic carbocycles. The topological polar surface area (TPSA) is 40.7 Å². The van der Waals surface area contributed by atoms with Crippen molar-refractivity contribution in [1.29, 1.82) is 0 Å². The van der Waals surface area contributed by atoms with Crippen LogP contribution in [0.2, 0.25) is 0 Å². The van der Waals surface area contributed by atoms with Crippen molar-refractivity contribution in [3.8, 4) is 0 Å². The molecule has 3 nitrogen and oxygen atoms in total. The van der Waals surface area contributed by atoms with Crippen molar-refractivity contribution in [3.05, 3.63) is 16.4 Å². The fourth-order valence-electron chi connectivity index (χ4n) is 1.22. The van der Waals surface area contributed by atoms with Crippen molar-refractivity contribution in [2.75, 3.05) is 13.1 Å². The lowest BCUT2D eigenvalue weighted by Crippen LogP contribution is -2.43. The monoisotopic (exact) mass is 215 g/mol. The lowest BCUT2D eigenvalue weighted by Gasteiger charge is -2.26. The van der Waals surface area contributed by atoms with Gasteiger partial charge in [-0.1, -0.05) is 0 Å². The van der Waals surface area contributed by atoms with Gasteiger partial charge in [-0.2, -0.15) is 5.10 Å². The van der Waals surface area contributed by atoms with Crippen LogP contribution in [0.5, 0.6) is 0 Å². The minimum atomic E-state index is 0.798. The molecule has 0 atom stereocenters. The van der Waals surface area contributed by atoms with Gasteiger partial charge in [0.25, 0.3) is 0 Å². The first kappa shape index (κ1) is 7.31. The van der Waals surface area contributed by atoms with Crippen LogP contribution < -0.4 is 5.32 Å². The highest BCUT2D eigenvalue weighted by molar-refractivity contribution is 9.10. The molecule has 0 spiro atoms. The van der Waals surface area contributed by atoms with Crippen LogP contribution in [-0.4, -0.2) is 23.3 Å². The van der Waals surface area contributed by atoms with E-state index >= 15 is 0 Å². The summed E-state index contributed by atoms with van der Waals surface area (Å²) in [6, 6.07) is 0. The van der Waals surface area contributed by atoms with Crippen LogP contribution >= 0.6 is 15.9 Å². The SMILES string of the molecule is Brc1cn[nH]c1CC1CNC1. The summed E-state index contributed by atoms with van der Waals surface area (Å²) in [5.41, 5.74) is 1.22. The standard InChI is InChI=1S/C7H10BrN3/c8-6-4-10-11-7(6)1-5-2-9-3-5/h4-5,9H,1-3H2,(H,10,11). The Balaban J connectivity index is 1.99. The lowest BCUT2D eigenvalue weighted by molar-refractivity contribution is 0.343. The van der Waals surface area contributed by atoms with Crippen LogP contribution in [0.1, 0.15) is 5.69 Å². The summed E-state index contributed by atoms with van der Waals surface area (Å²) >= 11 is 3.43. The fraction of sp³-hybridized carbons (Fsp3) is 0.571. The van der Waals surface area contributed by atoms with Crippen LogP contribution in [-0.2, 0) is 6.42 Å². The molecule has 60 valence electrons. The van der Waals surface area contributed by atoms with E-state index in [2.05, 4.69) is 31.4 Å². The van der Waals surface area contributed by atoms with Crippen molar-refractivity contribution in [2.45, 2.75) is 6.42 Å². The number of nitrogens with one attached hydrogen (secondary N) is 2. The highest BCUT2D eigenvalue weighted by Crippen LogP contribution is 2.18. The molecule has 0 amide bonds. The first-order valence-electron chi connectivity index (χ1n) is 3.74. The molecule has 4 heteroatoms. The number of hydrogen-bond acceptors (Lipinski definition) is 2. The maximum Gasteiger partial charge on any atom is 0.0632 e. The third-order valence-electron chi connectivity index (χ3n) is 2.02. The largest absolute Gasteiger partial charge is 0.316 e. The second kappa shape index (κ2) is 2.95. The number of aromatic nitrogens is 2. The molecule has 2 rings (SSSR count). The molecule has 0 bridgehead atoms. The van der Waals surface area contributed by atoms with Crippen molar-refractivity contribution in [1.82, 2.24) is 15.5 Å². The van der Waals surface area contributed by atoms with E-state index in [-0.39, 0.29) is 0 Å². The Kier molecular flexibility index (Phi) is 1.96. The van der Waals surface area contributed by atoms with E-state index in [4.69, 9.17) is 0 Å². The van der Waals surface area contributed by atoms with Crippen molar-refractivity contribution in [3.63, 3.8) is 0 Å². The molecule has 11 heavy (non-hydrogen) atoms. The summed E-state index contributed by atoms with van der Waals surface area (Å²) in [7, 11) is 0. The zero-order valence-corrected chi connectivity index (χ0v) is 7.69. The molecule has 1 aliphatic heterocycles. The predicted molar refractivity (Wildman–Crippen MR) is 46.4 cm³/mol. The molecule has 1 saturated heterocycles. The summed E-state index contributed by atoms with van der Waals surface area (Å²) in [6.45, 7) is 2.29. The second-order valence-electron chi connectivity index (χ2n) is 2.92. The molecular weight excluding hydrogens is 206 g/mol. The van der Waals surface area contributed by atoms with Gasteiger partial charge in [-0.15, -0.1) is 0 Å². The maximum absolute atomic E-state index is 3.94. The van der Waals surface area contributed by atoms with Gasteiger partial charge in [0, 0.05) is 5.69 Å². The number of hydrogen-bond donors (Lipinski definition) is 2. The van der Waals surface area contributed by atoms with Gasteiger partial charge in [0.2, 0.25) is 0 Å². The molecular formula is C7H10BrN3. The number of aromatic amines is 1. The number of H-pyrrole nitrogens is 1. The first-order valence-corrected chi connectivity index (χ1v) is 4.54. The van der Waals surface area contributed by atoms with Crippen molar-refractivity contribution in [2.24, 2.45) is 5.92 Å². The van der Waals surface area contributed by atoms with Crippen LogP contribution in [0.25, 0.3) is 0 Å². The van der Waals surface area contributed by atoms with Gasteiger partial charge in [-0.05, 0) is 41.4 Å². The first-order chi connectivity index (χ1) is 5.36. The molecule has 0 radical (unpaired) electrons. The summed E-state index contributed by atoms with van der Waals surface area (Å²) in [6.07, 6.45) is 2.91. The van der Waals surface area contributed by atoms with E-state index in [1.165, 1.54) is 5.69 Å². The third-order valence-corrected chi connectivity index (χ3v) is 2.71. The van der Waals surface area contributed by atoms with Gasteiger partial charge in [-0.3, -0.25) is 5.10 Å². The molecule has 2 N–H and O–H groups in total. The van der Waals surface area contributed by atoms with Gasteiger partial charge in [-0.25, -0.2) is 0 Å². The van der Waals surface area contributed by atoms with Crippen molar-refractivity contribution >= 4 is 15.9 Å². The number of halogens is 1. The second-order valence-corrected chi connectivity index (χ2v) is 3.78. The summed E-state index contributed by atoms with van der Waals surface area (Å²) in [5, 5.41) is 10.2.